The van der Waals surface area contributed by atoms with Gasteiger partial charge in [-0.1, -0.05) is 13.3 Å². The van der Waals surface area contributed by atoms with Crippen LogP contribution in [0.3, 0.4) is 0 Å². The van der Waals surface area contributed by atoms with E-state index in [2.05, 4.69) is 22.2 Å². The number of carbonyl (C=O) groups excluding carboxylic acids is 1. The molecule has 4 heteroatoms. The second-order valence-corrected chi connectivity index (χ2v) is 2.55. The monoisotopic (exact) mass is 167 g/mol. The molecule has 1 aromatic rings. The molecule has 0 aromatic carbocycles. The van der Waals surface area contributed by atoms with Crippen LogP contribution >= 0.6 is 0 Å². The summed E-state index contributed by atoms with van der Waals surface area (Å²) in [5, 5.41) is 2.75. The summed E-state index contributed by atoms with van der Waals surface area (Å²) in [6, 6.07) is 0. The average Bonchev–Trinajstić information content (AvgIpc) is 2.56. The summed E-state index contributed by atoms with van der Waals surface area (Å²) in [6.45, 7) is 2.80. The minimum atomic E-state index is -0.131. The lowest BCUT2D eigenvalue weighted by Crippen LogP contribution is -2.25. The fraction of sp³-hybridized carbons (Fsp3) is 0.500. The van der Waals surface area contributed by atoms with E-state index in [4.69, 9.17) is 0 Å². The van der Waals surface area contributed by atoms with Gasteiger partial charge < -0.3 is 10.3 Å². The van der Waals surface area contributed by atoms with E-state index in [1.54, 1.807) is 12.4 Å². The molecule has 0 aliphatic rings. The SMILES string of the molecule is CCCCNC(=O)c1ncc[nH]1. The molecule has 66 valence electrons. The van der Waals surface area contributed by atoms with Crippen molar-refractivity contribution in [1.29, 1.82) is 0 Å². The number of aromatic nitrogens is 2. The number of nitrogens with zero attached hydrogens (tertiary/aromatic N) is 1. The third kappa shape index (κ3) is 2.38. The van der Waals surface area contributed by atoms with Gasteiger partial charge in [-0.05, 0) is 6.42 Å². The van der Waals surface area contributed by atoms with Crippen LogP contribution in [0.5, 0.6) is 0 Å². The van der Waals surface area contributed by atoms with Crippen LogP contribution in [-0.4, -0.2) is 22.4 Å². The second-order valence-electron chi connectivity index (χ2n) is 2.55. The third-order valence-corrected chi connectivity index (χ3v) is 1.53. The van der Waals surface area contributed by atoms with Crippen molar-refractivity contribution in [2.75, 3.05) is 6.54 Å². The molecule has 12 heavy (non-hydrogen) atoms. The molecule has 2 N–H and O–H groups in total. The van der Waals surface area contributed by atoms with Crippen LogP contribution in [0.15, 0.2) is 12.4 Å². The lowest BCUT2D eigenvalue weighted by atomic mass is 10.3. The quantitative estimate of drug-likeness (QED) is 0.656. The van der Waals surface area contributed by atoms with Crippen molar-refractivity contribution in [3.8, 4) is 0 Å². The van der Waals surface area contributed by atoms with E-state index in [1.165, 1.54) is 0 Å². The minimum absolute atomic E-state index is 0.131. The smallest absolute Gasteiger partial charge is 0.287 e. The summed E-state index contributed by atoms with van der Waals surface area (Å²) < 4.78 is 0. The number of H-pyrrole nitrogens is 1. The van der Waals surface area contributed by atoms with Crippen LogP contribution in [0.2, 0.25) is 0 Å². The number of hydrogen-bond donors (Lipinski definition) is 2. The van der Waals surface area contributed by atoms with Gasteiger partial charge in [0.1, 0.15) is 0 Å². The first-order chi connectivity index (χ1) is 5.84. The largest absolute Gasteiger partial charge is 0.349 e. The molecule has 0 bridgehead atoms. The number of amides is 1. The molecule has 0 fully saturated rings. The summed E-state index contributed by atoms with van der Waals surface area (Å²) in [5.74, 6) is 0.250. The molecule has 0 spiro atoms. The molecular weight excluding hydrogens is 154 g/mol. The maximum atomic E-state index is 11.2. The molecule has 0 radical (unpaired) electrons. The fourth-order valence-corrected chi connectivity index (χ4v) is 0.852. The van der Waals surface area contributed by atoms with Gasteiger partial charge in [0.2, 0.25) is 0 Å². The maximum Gasteiger partial charge on any atom is 0.287 e. The van der Waals surface area contributed by atoms with Crippen molar-refractivity contribution in [3.05, 3.63) is 18.2 Å². The molecule has 1 rings (SSSR count). The van der Waals surface area contributed by atoms with Gasteiger partial charge in [-0.3, -0.25) is 4.79 Å². The minimum Gasteiger partial charge on any atom is -0.349 e. The van der Waals surface area contributed by atoms with Crippen LogP contribution in [0.25, 0.3) is 0 Å². The highest BCUT2D eigenvalue weighted by Gasteiger charge is 2.04. The highest BCUT2D eigenvalue weighted by atomic mass is 16.2. The number of rotatable bonds is 4. The number of carbonyl (C=O) groups is 1. The fourth-order valence-electron chi connectivity index (χ4n) is 0.852. The summed E-state index contributed by atoms with van der Waals surface area (Å²) in [7, 11) is 0. The Morgan fingerprint density at radius 1 is 1.75 bits per heavy atom. The predicted molar refractivity (Wildman–Crippen MR) is 45.8 cm³/mol. The lowest BCUT2D eigenvalue weighted by molar-refractivity contribution is 0.0944. The molecule has 4 nitrogen and oxygen atoms in total. The number of imidazole rings is 1. The van der Waals surface area contributed by atoms with E-state index in [9.17, 15) is 4.79 Å². The Morgan fingerprint density at radius 3 is 3.17 bits per heavy atom. The molecule has 0 saturated heterocycles. The van der Waals surface area contributed by atoms with Gasteiger partial charge in [0.05, 0.1) is 0 Å². The Labute approximate surface area is 71.4 Å². The van der Waals surface area contributed by atoms with Crippen molar-refractivity contribution in [2.45, 2.75) is 19.8 Å². The topological polar surface area (TPSA) is 57.8 Å². The second kappa shape index (κ2) is 4.54. The van der Waals surface area contributed by atoms with Gasteiger partial charge >= 0.3 is 0 Å². The average molecular weight is 167 g/mol. The van der Waals surface area contributed by atoms with Crippen LogP contribution in [0.1, 0.15) is 30.4 Å². The highest BCUT2D eigenvalue weighted by Crippen LogP contribution is 1.88. The van der Waals surface area contributed by atoms with Crippen LogP contribution in [-0.2, 0) is 0 Å². The third-order valence-electron chi connectivity index (χ3n) is 1.53. The summed E-state index contributed by atoms with van der Waals surface area (Å²) in [6.07, 6.45) is 5.29. The molecule has 0 unspecified atom stereocenters. The predicted octanol–water partition coefficient (Wildman–Crippen LogP) is 0.940. The van der Waals surface area contributed by atoms with E-state index in [0.717, 1.165) is 19.4 Å². The van der Waals surface area contributed by atoms with Crippen molar-refractivity contribution in [1.82, 2.24) is 15.3 Å². The zero-order chi connectivity index (χ0) is 8.81. The number of unbranched alkanes of at least 4 members (excludes halogenated alkanes) is 1. The van der Waals surface area contributed by atoms with Gasteiger partial charge in [-0.2, -0.15) is 0 Å². The Bertz CT molecular complexity index is 230. The standard InChI is InChI=1S/C8H13N3O/c1-2-3-4-11-8(12)7-9-5-6-10-7/h5-6H,2-4H2,1H3,(H,9,10)(H,11,12). The van der Waals surface area contributed by atoms with Crippen LogP contribution in [0.4, 0.5) is 0 Å². The van der Waals surface area contributed by atoms with Crippen LogP contribution in [0, 0.1) is 0 Å². The van der Waals surface area contributed by atoms with Gasteiger partial charge in [-0.15, -0.1) is 0 Å². The maximum absolute atomic E-state index is 11.2. The van der Waals surface area contributed by atoms with Gasteiger partial charge in [0.15, 0.2) is 5.82 Å². The van der Waals surface area contributed by atoms with Crippen LogP contribution < -0.4 is 5.32 Å². The zero-order valence-electron chi connectivity index (χ0n) is 7.13. The van der Waals surface area contributed by atoms with E-state index in [-0.39, 0.29) is 5.91 Å². The molecule has 1 amide bonds. The lowest BCUT2D eigenvalue weighted by Gasteiger charge is -1.99. The van der Waals surface area contributed by atoms with Crippen molar-refractivity contribution in [3.63, 3.8) is 0 Å². The molecule has 0 saturated carbocycles. The Hall–Kier alpha value is -1.32. The molecule has 1 aromatic heterocycles. The van der Waals surface area contributed by atoms with Crippen molar-refractivity contribution < 1.29 is 4.79 Å². The van der Waals surface area contributed by atoms with E-state index in [1.807, 2.05) is 0 Å². The summed E-state index contributed by atoms with van der Waals surface area (Å²) in [4.78, 5) is 17.7. The van der Waals surface area contributed by atoms with Gasteiger partial charge in [-0.25, -0.2) is 4.98 Å². The molecule has 0 atom stereocenters. The number of nitrogens with one attached hydrogen (secondary N) is 2. The number of hydrogen-bond acceptors (Lipinski definition) is 2. The normalized spacial score (nSPS) is 9.75. The van der Waals surface area contributed by atoms with E-state index < -0.39 is 0 Å². The Morgan fingerprint density at radius 2 is 2.58 bits per heavy atom. The van der Waals surface area contributed by atoms with E-state index in [0.29, 0.717) is 5.82 Å². The highest BCUT2D eigenvalue weighted by molar-refractivity contribution is 5.90. The first kappa shape index (κ1) is 8.77. The molecular formula is C8H13N3O. The van der Waals surface area contributed by atoms with E-state index >= 15 is 0 Å². The number of aromatic amines is 1. The zero-order valence-corrected chi connectivity index (χ0v) is 7.13. The molecule has 1 heterocycles. The summed E-state index contributed by atoms with van der Waals surface area (Å²) >= 11 is 0. The van der Waals surface area contributed by atoms with Gasteiger partial charge in [0.25, 0.3) is 5.91 Å². The van der Waals surface area contributed by atoms with Crippen molar-refractivity contribution in [2.24, 2.45) is 0 Å². The first-order valence-electron chi connectivity index (χ1n) is 4.12. The van der Waals surface area contributed by atoms with Crippen molar-refractivity contribution >= 4 is 5.91 Å². The molecule has 0 aliphatic heterocycles. The Kier molecular flexibility index (Phi) is 3.32. The molecule has 0 aliphatic carbocycles. The first-order valence-corrected chi connectivity index (χ1v) is 4.12. The Balaban J connectivity index is 2.30. The summed E-state index contributed by atoms with van der Waals surface area (Å²) in [5.41, 5.74) is 0. The van der Waals surface area contributed by atoms with Gasteiger partial charge in [0, 0.05) is 18.9 Å².